The molecule has 0 spiro atoms. The van der Waals surface area contributed by atoms with Gasteiger partial charge >= 0.3 is 0 Å². The molecule has 0 heterocycles. The number of nitrogens with zero attached hydrogens (tertiary/aromatic N) is 2. The van der Waals surface area contributed by atoms with Crippen LogP contribution in [0.1, 0.15) is 26.7 Å². The van der Waals surface area contributed by atoms with Gasteiger partial charge in [-0.15, -0.1) is 0 Å². The van der Waals surface area contributed by atoms with E-state index < -0.39 is 14.9 Å². The number of carbonyl (C=O) groups is 1. The summed E-state index contributed by atoms with van der Waals surface area (Å²) >= 11 is 0. The van der Waals surface area contributed by atoms with E-state index in [9.17, 15) is 23.3 Å². The molecule has 0 unspecified atom stereocenters. The highest BCUT2D eigenvalue weighted by atomic mass is 32.2. The Labute approximate surface area is 146 Å². The summed E-state index contributed by atoms with van der Waals surface area (Å²) in [5.74, 6) is -0.225. The van der Waals surface area contributed by atoms with Crippen LogP contribution < -0.4 is 14.9 Å². The summed E-state index contributed by atoms with van der Waals surface area (Å²) in [5, 5.41) is 14.2. The zero-order valence-corrected chi connectivity index (χ0v) is 15.2. The number of anilines is 1. The molecule has 1 aromatic rings. The molecule has 2 N–H and O–H groups in total. The van der Waals surface area contributed by atoms with E-state index in [0.29, 0.717) is 0 Å². The van der Waals surface area contributed by atoms with Crippen LogP contribution in [0.2, 0.25) is 0 Å². The molecule has 1 saturated carbocycles. The van der Waals surface area contributed by atoms with Gasteiger partial charge in [-0.1, -0.05) is 0 Å². The molecule has 138 valence electrons. The summed E-state index contributed by atoms with van der Waals surface area (Å²) in [7, 11) is -2.29. The van der Waals surface area contributed by atoms with Crippen LogP contribution in [-0.2, 0) is 14.8 Å². The van der Waals surface area contributed by atoms with E-state index in [2.05, 4.69) is 10.0 Å². The number of hydrogen-bond donors (Lipinski definition) is 2. The minimum absolute atomic E-state index is 0.0479. The van der Waals surface area contributed by atoms with Crippen molar-refractivity contribution < 1.29 is 18.1 Å². The van der Waals surface area contributed by atoms with Gasteiger partial charge in [0.1, 0.15) is 5.69 Å². The van der Waals surface area contributed by atoms with Gasteiger partial charge in [0.25, 0.3) is 5.69 Å². The normalized spacial score (nSPS) is 14.4. The SMILES string of the molecule is CC(C)NS(=O)(=O)c1ccc(N(C)CC(=O)NC2CC2)c([N+](=O)[O-])c1. The zero-order chi connectivity index (χ0) is 18.8. The van der Waals surface area contributed by atoms with Crippen LogP contribution in [0.5, 0.6) is 0 Å². The van der Waals surface area contributed by atoms with Gasteiger partial charge in [-0.25, -0.2) is 13.1 Å². The molecular weight excluding hydrogens is 348 g/mol. The predicted molar refractivity (Wildman–Crippen MR) is 93.0 cm³/mol. The first-order chi connectivity index (χ1) is 11.6. The number of sulfonamides is 1. The lowest BCUT2D eigenvalue weighted by molar-refractivity contribution is -0.384. The summed E-state index contributed by atoms with van der Waals surface area (Å²) in [6.07, 6.45) is 1.90. The molecule has 9 nitrogen and oxygen atoms in total. The fourth-order valence-corrected chi connectivity index (χ4v) is 3.59. The van der Waals surface area contributed by atoms with Gasteiger partial charge in [0.15, 0.2) is 0 Å². The second kappa shape index (κ2) is 7.36. The number of benzene rings is 1. The minimum Gasteiger partial charge on any atom is -0.360 e. The first kappa shape index (κ1) is 19.1. The highest BCUT2D eigenvalue weighted by Crippen LogP contribution is 2.30. The molecule has 10 heteroatoms. The molecule has 1 amide bonds. The largest absolute Gasteiger partial charge is 0.360 e. The lowest BCUT2D eigenvalue weighted by atomic mass is 10.2. The van der Waals surface area contributed by atoms with E-state index in [1.807, 2.05) is 0 Å². The Kier molecular flexibility index (Phi) is 5.63. The quantitative estimate of drug-likeness (QED) is 0.520. The Morgan fingerprint density at radius 2 is 2.04 bits per heavy atom. The van der Waals surface area contributed by atoms with Crippen LogP contribution in [-0.4, -0.2) is 44.9 Å². The molecule has 0 radical (unpaired) electrons. The van der Waals surface area contributed by atoms with E-state index in [1.165, 1.54) is 17.0 Å². The summed E-state index contributed by atoms with van der Waals surface area (Å²) in [6.45, 7) is 3.27. The number of hydrogen-bond acceptors (Lipinski definition) is 6. The maximum Gasteiger partial charge on any atom is 0.293 e. The number of nitrogens with one attached hydrogen (secondary N) is 2. The van der Waals surface area contributed by atoms with Gasteiger partial charge < -0.3 is 10.2 Å². The average Bonchev–Trinajstić information content (AvgIpc) is 3.28. The zero-order valence-electron chi connectivity index (χ0n) is 14.4. The van der Waals surface area contributed by atoms with Crippen LogP contribution in [0.4, 0.5) is 11.4 Å². The first-order valence-electron chi connectivity index (χ1n) is 7.91. The van der Waals surface area contributed by atoms with Crippen molar-refractivity contribution in [2.45, 2.75) is 43.7 Å². The third-order valence-electron chi connectivity index (χ3n) is 3.58. The summed E-state index contributed by atoms with van der Waals surface area (Å²) in [5.41, 5.74) is -0.187. The maximum atomic E-state index is 12.2. The highest BCUT2D eigenvalue weighted by molar-refractivity contribution is 7.89. The molecular formula is C15H22N4O5S. The van der Waals surface area contributed by atoms with Crippen molar-refractivity contribution in [2.24, 2.45) is 0 Å². The molecule has 0 aliphatic heterocycles. The van der Waals surface area contributed by atoms with Crippen molar-refractivity contribution in [3.63, 3.8) is 0 Å². The molecule has 1 aliphatic rings. The van der Waals surface area contributed by atoms with Crippen LogP contribution in [0.3, 0.4) is 0 Å². The maximum absolute atomic E-state index is 12.2. The smallest absolute Gasteiger partial charge is 0.293 e. The van der Waals surface area contributed by atoms with E-state index in [4.69, 9.17) is 0 Å². The summed E-state index contributed by atoms with van der Waals surface area (Å²) in [4.78, 5) is 23.8. The van der Waals surface area contributed by atoms with Gasteiger partial charge in [-0.05, 0) is 38.8 Å². The minimum atomic E-state index is -3.84. The topological polar surface area (TPSA) is 122 Å². The molecule has 2 rings (SSSR count). The van der Waals surface area contributed by atoms with Crippen molar-refractivity contribution in [1.82, 2.24) is 10.0 Å². The Morgan fingerprint density at radius 1 is 1.40 bits per heavy atom. The van der Waals surface area contributed by atoms with E-state index in [-0.39, 0.29) is 40.8 Å². The molecule has 0 atom stereocenters. The monoisotopic (exact) mass is 370 g/mol. The third kappa shape index (κ3) is 5.13. The molecule has 25 heavy (non-hydrogen) atoms. The molecule has 0 aromatic heterocycles. The third-order valence-corrected chi connectivity index (χ3v) is 5.24. The van der Waals surface area contributed by atoms with Crippen LogP contribution in [0.25, 0.3) is 0 Å². The van der Waals surface area contributed by atoms with E-state index in [1.54, 1.807) is 20.9 Å². The van der Waals surface area contributed by atoms with Crippen LogP contribution in [0, 0.1) is 10.1 Å². The second-order valence-electron chi connectivity index (χ2n) is 6.38. The number of likely N-dealkylation sites (N-methyl/N-ethyl adjacent to an activating group) is 1. The lowest BCUT2D eigenvalue weighted by Gasteiger charge is -2.19. The molecule has 0 saturated heterocycles. The van der Waals surface area contributed by atoms with Crippen LogP contribution in [0.15, 0.2) is 23.1 Å². The van der Waals surface area contributed by atoms with Crippen molar-refractivity contribution >= 4 is 27.3 Å². The van der Waals surface area contributed by atoms with E-state index in [0.717, 1.165) is 18.9 Å². The van der Waals surface area contributed by atoms with Gasteiger partial charge in [0.2, 0.25) is 15.9 Å². The van der Waals surface area contributed by atoms with Gasteiger partial charge in [-0.2, -0.15) is 0 Å². The molecule has 1 fully saturated rings. The fraction of sp³-hybridized carbons (Fsp3) is 0.533. The van der Waals surface area contributed by atoms with Crippen LogP contribution >= 0.6 is 0 Å². The van der Waals surface area contributed by atoms with E-state index >= 15 is 0 Å². The van der Waals surface area contributed by atoms with Crippen molar-refractivity contribution in [2.75, 3.05) is 18.5 Å². The van der Waals surface area contributed by atoms with Crippen molar-refractivity contribution in [1.29, 1.82) is 0 Å². The number of carbonyl (C=O) groups excluding carboxylic acids is 1. The molecule has 0 bridgehead atoms. The fourth-order valence-electron chi connectivity index (χ4n) is 2.32. The van der Waals surface area contributed by atoms with Gasteiger partial charge in [-0.3, -0.25) is 14.9 Å². The number of nitro benzene ring substituents is 1. The summed E-state index contributed by atoms with van der Waals surface area (Å²) in [6, 6.07) is 3.51. The first-order valence-corrected chi connectivity index (χ1v) is 9.39. The van der Waals surface area contributed by atoms with Crippen molar-refractivity contribution in [3.05, 3.63) is 28.3 Å². The number of amides is 1. The molecule has 1 aromatic carbocycles. The average molecular weight is 370 g/mol. The predicted octanol–water partition coefficient (Wildman–Crippen LogP) is 0.996. The summed E-state index contributed by atoms with van der Waals surface area (Å²) < 4.78 is 26.8. The van der Waals surface area contributed by atoms with Crippen molar-refractivity contribution in [3.8, 4) is 0 Å². The van der Waals surface area contributed by atoms with Gasteiger partial charge in [0.05, 0.1) is 16.4 Å². The Morgan fingerprint density at radius 3 is 2.56 bits per heavy atom. The second-order valence-corrected chi connectivity index (χ2v) is 8.10. The number of rotatable bonds is 8. The standard InChI is InChI=1S/C15H22N4O5S/c1-10(2)17-25(23,24)12-6-7-13(14(8-12)19(21)22)18(3)9-15(20)16-11-4-5-11/h6-8,10-11,17H,4-5,9H2,1-3H3,(H,16,20). The Balaban J connectivity index is 2.26. The highest BCUT2D eigenvalue weighted by Gasteiger charge is 2.26. The van der Waals surface area contributed by atoms with Gasteiger partial charge in [0, 0.05) is 25.2 Å². The Bertz CT molecular complexity index is 774. The number of nitro groups is 1. The lowest BCUT2D eigenvalue weighted by Crippen LogP contribution is -2.36. The molecule has 1 aliphatic carbocycles. The Hall–Kier alpha value is -2.20.